The van der Waals surface area contributed by atoms with E-state index >= 15 is 0 Å². The van der Waals surface area contributed by atoms with Crippen molar-refractivity contribution in [1.82, 2.24) is 0 Å². The van der Waals surface area contributed by atoms with Crippen molar-refractivity contribution in [3.63, 3.8) is 0 Å². The van der Waals surface area contributed by atoms with Crippen LogP contribution in [0.25, 0.3) is 0 Å². The number of hydrogen-bond acceptors (Lipinski definition) is 2. The molecule has 0 aliphatic heterocycles. The molecule has 2 N–H and O–H groups in total. The number of carboxylic acid groups (broad SMARTS) is 2. The van der Waals surface area contributed by atoms with E-state index < -0.39 is 11.9 Å². The zero-order valence-electron chi connectivity index (χ0n) is 7.19. The fourth-order valence-electron chi connectivity index (χ4n) is 1.72. The van der Waals surface area contributed by atoms with Crippen LogP contribution in [0, 0.1) is 5.92 Å². The minimum atomic E-state index is -1.18. The van der Waals surface area contributed by atoms with Crippen molar-refractivity contribution < 1.29 is 19.8 Å². The Morgan fingerprint density at radius 2 is 1.69 bits per heavy atom. The monoisotopic (exact) mass is 184 g/mol. The third kappa shape index (κ3) is 2.57. The van der Waals surface area contributed by atoms with Crippen molar-refractivity contribution in [3.8, 4) is 0 Å². The van der Waals surface area contributed by atoms with Crippen molar-refractivity contribution in [1.29, 1.82) is 0 Å². The summed E-state index contributed by atoms with van der Waals surface area (Å²) in [6.07, 6.45) is 4.40. The zero-order valence-corrected chi connectivity index (χ0v) is 7.19. The van der Waals surface area contributed by atoms with Gasteiger partial charge in [-0.25, -0.2) is 9.59 Å². The lowest BCUT2D eigenvalue weighted by molar-refractivity contribution is -0.135. The molecule has 72 valence electrons. The highest BCUT2D eigenvalue weighted by molar-refractivity contribution is 5.95. The topological polar surface area (TPSA) is 74.6 Å². The van der Waals surface area contributed by atoms with Gasteiger partial charge in [0.1, 0.15) is 0 Å². The molecule has 1 fully saturated rings. The predicted octanol–water partition coefficient (Wildman–Crippen LogP) is 1.27. The molecular formula is C9H12O4. The van der Waals surface area contributed by atoms with Crippen molar-refractivity contribution in [2.24, 2.45) is 5.92 Å². The van der Waals surface area contributed by atoms with Gasteiger partial charge in [0, 0.05) is 11.6 Å². The number of carbonyl (C=O) groups is 2. The molecule has 0 unspecified atom stereocenters. The molecule has 1 aliphatic carbocycles. The molecule has 1 saturated carbocycles. The van der Waals surface area contributed by atoms with Gasteiger partial charge in [0.25, 0.3) is 0 Å². The van der Waals surface area contributed by atoms with E-state index in [2.05, 4.69) is 0 Å². The number of carboxylic acids is 2. The summed E-state index contributed by atoms with van der Waals surface area (Å²) < 4.78 is 0. The fraction of sp³-hybridized carbons (Fsp3) is 0.556. The highest BCUT2D eigenvalue weighted by Crippen LogP contribution is 2.30. The highest BCUT2D eigenvalue weighted by Gasteiger charge is 2.24. The molecule has 0 bridgehead atoms. The van der Waals surface area contributed by atoms with Gasteiger partial charge in [-0.2, -0.15) is 0 Å². The summed E-state index contributed by atoms with van der Waals surface area (Å²) >= 11 is 0. The van der Waals surface area contributed by atoms with Gasteiger partial charge in [-0.05, 0) is 18.8 Å². The standard InChI is InChI=1S/C9H12O4/c10-8(11)5-7(9(12)13)6-3-1-2-4-6/h5-6H,1-4H2,(H,10,11)(H,12,13)/b7-5+. The molecule has 0 spiro atoms. The minimum Gasteiger partial charge on any atom is -0.478 e. The van der Waals surface area contributed by atoms with Crippen LogP contribution in [0.2, 0.25) is 0 Å². The summed E-state index contributed by atoms with van der Waals surface area (Å²) in [4.78, 5) is 21.0. The van der Waals surface area contributed by atoms with E-state index in [1.165, 1.54) is 0 Å². The summed E-state index contributed by atoms with van der Waals surface area (Å²) in [6, 6.07) is 0. The van der Waals surface area contributed by atoms with Gasteiger partial charge >= 0.3 is 11.9 Å². The Balaban J connectivity index is 2.78. The first-order valence-corrected chi connectivity index (χ1v) is 4.29. The molecule has 13 heavy (non-hydrogen) atoms. The Morgan fingerprint density at radius 3 is 2.08 bits per heavy atom. The Morgan fingerprint density at radius 1 is 1.15 bits per heavy atom. The summed E-state index contributed by atoms with van der Waals surface area (Å²) in [5.41, 5.74) is 0.0463. The quantitative estimate of drug-likeness (QED) is 0.648. The van der Waals surface area contributed by atoms with Gasteiger partial charge in [-0.3, -0.25) is 0 Å². The number of hydrogen-bond donors (Lipinski definition) is 2. The summed E-state index contributed by atoms with van der Waals surface area (Å²) in [6.45, 7) is 0. The van der Waals surface area contributed by atoms with Crippen molar-refractivity contribution in [2.45, 2.75) is 25.7 Å². The second kappa shape index (κ2) is 4.07. The number of aliphatic carboxylic acids is 2. The summed E-state index contributed by atoms with van der Waals surface area (Å²) in [5, 5.41) is 17.2. The van der Waals surface area contributed by atoms with Crippen molar-refractivity contribution in [2.75, 3.05) is 0 Å². The SMILES string of the molecule is O=C(O)/C=C(/C(=O)O)C1CCCC1. The van der Waals surface area contributed by atoms with Crippen LogP contribution < -0.4 is 0 Å². The van der Waals surface area contributed by atoms with E-state index in [-0.39, 0.29) is 11.5 Å². The van der Waals surface area contributed by atoms with Crippen LogP contribution in [0.1, 0.15) is 25.7 Å². The lowest BCUT2D eigenvalue weighted by atomic mass is 9.97. The van der Waals surface area contributed by atoms with E-state index in [1.807, 2.05) is 0 Å². The molecule has 0 saturated heterocycles. The van der Waals surface area contributed by atoms with Crippen LogP contribution in [-0.2, 0) is 9.59 Å². The minimum absolute atomic E-state index is 0.0463. The largest absolute Gasteiger partial charge is 0.478 e. The van der Waals surface area contributed by atoms with Gasteiger partial charge in [-0.1, -0.05) is 12.8 Å². The summed E-state index contributed by atoms with van der Waals surface area (Å²) in [5.74, 6) is -2.34. The lowest BCUT2D eigenvalue weighted by Gasteiger charge is -2.08. The molecule has 1 aliphatic rings. The van der Waals surface area contributed by atoms with Gasteiger partial charge in [0.2, 0.25) is 0 Å². The lowest BCUT2D eigenvalue weighted by Crippen LogP contribution is -2.11. The van der Waals surface area contributed by atoms with E-state index in [0.717, 1.165) is 31.8 Å². The van der Waals surface area contributed by atoms with Crippen LogP contribution in [-0.4, -0.2) is 22.2 Å². The molecule has 0 amide bonds. The third-order valence-electron chi connectivity index (χ3n) is 2.32. The van der Waals surface area contributed by atoms with Crippen molar-refractivity contribution >= 4 is 11.9 Å². The smallest absolute Gasteiger partial charge is 0.332 e. The molecule has 4 heteroatoms. The normalized spacial score (nSPS) is 18.9. The van der Waals surface area contributed by atoms with Crippen LogP contribution in [0.4, 0.5) is 0 Å². The van der Waals surface area contributed by atoms with Crippen molar-refractivity contribution in [3.05, 3.63) is 11.6 Å². The Labute approximate surface area is 75.9 Å². The summed E-state index contributed by atoms with van der Waals surface area (Å²) in [7, 11) is 0. The first kappa shape index (κ1) is 9.77. The maximum Gasteiger partial charge on any atom is 0.332 e. The maximum absolute atomic E-state index is 10.7. The maximum atomic E-state index is 10.7. The van der Waals surface area contributed by atoms with Crippen LogP contribution in [0.15, 0.2) is 11.6 Å². The van der Waals surface area contributed by atoms with Gasteiger partial charge in [0.15, 0.2) is 0 Å². The van der Waals surface area contributed by atoms with Crippen LogP contribution >= 0.6 is 0 Å². The van der Waals surface area contributed by atoms with E-state index in [4.69, 9.17) is 10.2 Å². The molecule has 0 radical (unpaired) electrons. The first-order valence-electron chi connectivity index (χ1n) is 4.29. The molecule has 0 aromatic carbocycles. The molecular weight excluding hydrogens is 172 g/mol. The Kier molecular flexibility index (Phi) is 3.06. The predicted molar refractivity (Wildman–Crippen MR) is 45.3 cm³/mol. The highest BCUT2D eigenvalue weighted by atomic mass is 16.4. The fourth-order valence-corrected chi connectivity index (χ4v) is 1.72. The van der Waals surface area contributed by atoms with Crippen LogP contribution in [0.3, 0.4) is 0 Å². The second-order valence-corrected chi connectivity index (χ2v) is 3.22. The third-order valence-corrected chi connectivity index (χ3v) is 2.32. The van der Waals surface area contributed by atoms with E-state index in [9.17, 15) is 9.59 Å². The second-order valence-electron chi connectivity index (χ2n) is 3.22. The average molecular weight is 184 g/mol. The molecule has 4 nitrogen and oxygen atoms in total. The molecule has 0 aromatic heterocycles. The van der Waals surface area contributed by atoms with Gasteiger partial charge in [-0.15, -0.1) is 0 Å². The molecule has 1 rings (SSSR count). The Bertz CT molecular complexity index is 248. The van der Waals surface area contributed by atoms with E-state index in [1.54, 1.807) is 0 Å². The number of rotatable bonds is 3. The van der Waals surface area contributed by atoms with Crippen LogP contribution in [0.5, 0.6) is 0 Å². The van der Waals surface area contributed by atoms with Gasteiger partial charge < -0.3 is 10.2 Å². The first-order chi connectivity index (χ1) is 6.11. The zero-order chi connectivity index (χ0) is 9.84. The Hall–Kier alpha value is -1.32. The molecule has 0 heterocycles. The molecule has 0 atom stereocenters. The average Bonchev–Trinajstić information content (AvgIpc) is 2.50. The molecule has 0 aromatic rings. The van der Waals surface area contributed by atoms with Gasteiger partial charge in [0.05, 0.1) is 0 Å². The van der Waals surface area contributed by atoms with E-state index in [0.29, 0.717) is 0 Å².